The second kappa shape index (κ2) is 13.0. The zero-order chi connectivity index (χ0) is 25.1. The first kappa shape index (κ1) is 26.4. The third-order valence-electron chi connectivity index (χ3n) is 4.95. The van der Waals surface area contributed by atoms with Crippen LogP contribution in [0.15, 0.2) is 41.5 Å². The highest BCUT2D eigenvalue weighted by atomic mass is 16.5. The van der Waals surface area contributed by atoms with Crippen LogP contribution < -0.4 is 25.5 Å². The fourth-order valence-corrected chi connectivity index (χ4v) is 2.93. The number of hydrazone groups is 1. The fraction of sp³-hybridized carbons (Fsp3) is 0.360. The number of aryl methyl sites for hydroxylation is 2. The van der Waals surface area contributed by atoms with E-state index in [1.165, 1.54) is 6.21 Å². The van der Waals surface area contributed by atoms with Gasteiger partial charge in [0.1, 0.15) is 0 Å². The Hall–Kier alpha value is -3.88. The smallest absolute Gasteiger partial charge is 0.329 e. The zero-order valence-corrected chi connectivity index (χ0v) is 20.2. The Balaban J connectivity index is 1.99. The van der Waals surface area contributed by atoms with Gasteiger partial charge in [-0.3, -0.25) is 14.4 Å². The Kier molecular flexibility index (Phi) is 10.1. The molecule has 0 saturated heterocycles. The molecule has 2 aromatic carbocycles. The van der Waals surface area contributed by atoms with Crippen molar-refractivity contribution in [3.05, 3.63) is 53.1 Å². The molecule has 3 N–H and O–H groups in total. The Morgan fingerprint density at radius 2 is 1.71 bits per heavy atom. The number of rotatable bonds is 10. The molecule has 34 heavy (non-hydrogen) atoms. The standard InChI is InChI=1S/C25H32N4O5/c1-6-18(5)27-24(31)25(32)29-26-14-19-11-12-20(21(13-19)33-7-2)34-15-22(30)28-23-16(3)9-8-10-17(23)4/h8-14,18H,6-7,15H2,1-5H3,(H,27,31)(H,28,30)(H,29,32)/b26-14-/t18-/m0/s1. The Bertz CT molecular complexity index is 1030. The predicted octanol–water partition coefficient (Wildman–Crippen LogP) is 3.08. The predicted molar refractivity (Wildman–Crippen MR) is 131 cm³/mol. The fourth-order valence-electron chi connectivity index (χ4n) is 2.93. The molecule has 182 valence electrons. The maximum Gasteiger partial charge on any atom is 0.329 e. The van der Waals surface area contributed by atoms with E-state index in [1.807, 2.05) is 45.9 Å². The van der Waals surface area contributed by atoms with Crippen molar-refractivity contribution >= 4 is 29.6 Å². The average Bonchev–Trinajstić information content (AvgIpc) is 2.81. The summed E-state index contributed by atoms with van der Waals surface area (Å²) in [6.45, 7) is 9.59. The first-order chi connectivity index (χ1) is 16.2. The van der Waals surface area contributed by atoms with Crippen LogP contribution in [-0.4, -0.2) is 43.2 Å². The SMILES string of the molecule is CCOc1cc(/C=N\NC(=O)C(=O)N[C@@H](C)CC)ccc1OCC(=O)Nc1c(C)cccc1C. The number of hydrogen-bond acceptors (Lipinski definition) is 6. The highest BCUT2D eigenvalue weighted by molar-refractivity contribution is 6.35. The van der Waals surface area contributed by atoms with E-state index in [4.69, 9.17) is 9.47 Å². The van der Waals surface area contributed by atoms with Gasteiger partial charge in [-0.1, -0.05) is 25.1 Å². The van der Waals surface area contributed by atoms with Crippen LogP contribution in [0.5, 0.6) is 11.5 Å². The van der Waals surface area contributed by atoms with Gasteiger partial charge >= 0.3 is 11.8 Å². The molecular weight excluding hydrogens is 436 g/mol. The molecule has 0 saturated carbocycles. The number of carbonyl (C=O) groups is 3. The van der Waals surface area contributed by atoms with Crippen molar-refractivity contribution in [2.75, 3.05) is 18.5 Å². The molecule has 0 heterocycles. The molecule has 0 spiro atoms. The van der Waals surface area contributed by atoms with Crippen LogP contribution in [0.25, 0.3) is 0 Å². The number of carbonyl (C=O) groups excluding carboxylic acids is 3. The third kappa shape index (κ3) is 7.91. The monoisotopic (exact) mass is 468 g/mol. The molecule has 0 bridgehead atoms. The van der Waals surface area contributed by atoms with Crippen molar-refractivity contribution in [3.8, 4) is 11.5 Å². The highest BCUT2D eigenvalue weighted by Gasteiger charge is 2.14. The summed E-state index contributed by atoms with van der Waals surface area (Å²) < 4.78 is 11.3. The van der Waals surface area contributed by atoms with E-state index in [-0.39, 0.29) is 18.6 Å². The molecule has 3 amide bonds. The minimum absolute atomic E-state index is 0.105. The number of amides is 3. The van der Waals surface area contributed by atoms with Crippen molar-refractivity contribution < 1.29 is 23.9 Å². The maximum absolute atomic E-state index is 12.4. The Labute approximate surface area is 199 Å². The first-order valence-corrected chi connectivity index (χ1v) is 11.1. The van der Waals surface area contributed by atoms with Gasteiger partial charge in [-0.15, -0.1) is 0 Å². The molecule has 1 atom stereocenters. The molecule has 9 nitrogen and oxygen atoms in total. The number of ether oxygens (including phenoxy) is 2. The molecule has 2 aromatic rings. The number of benzene rings is 2. The third-order valence-corrected chi connectivity index (χ3v) is 4.95. The van der Waals surface area contributed by atoms with Crippen molar-refractivity contribution in [1.29, 1.82) is 0 Å². The minimum Gasteiger partial charge on any atom is -0.490 e. The summed E-state index contributed by atoms with van der Waals surface area (Å²) in [6, 6.07) is 10.7. The lowest BCUT2D eigenvalue weighted by Gasteiger charge is -2.14. The summed E-state index contributed by atoms with van der Waals surface area (Å²) in [5.74, 6) is -1.07. The molecule has 0 aromatic heterocycles. The van der Waals surface area contributed by atoms with Crippen LogP contribution in [0, 0.1) is 13.8 Å². The maximum atomic E-state index is 12.4. The largest absolute Gasteiger partial charge is 0.490 e. The summed E-state index contributed by atoms with van der Waals surface area (Å²) in [5.41, 5.74) is 5.51. The highest BCUT2D eigenvalue weighted by Crippen LogP contribution is 2.28. The second-order valence-corrected chi connectivity index (χ2v) is 7.72. The summed E-state index contributed by atoms with van der Waals surface area (Å²) in [4.78, 5) is 36.0. The van der Waals surface area contributed by atoms with Crippen LogP contribution in [0.3, 0.4) is 0 Å². The summed E-state index contributed by atoms with van der Waals surface area (Å²) in [6.07, 6.45) is 2.10. The lowest BCUT2D eigenvalue weighted by atomic mass is 10.1. The van der Waals surface area contributed by atoms with Crippen LogP contribution in [0.1, 0.15) is 43.9 Å². The van der Waals surface area contributed by atoms with Crippen molar-refractivity contribution in [2.45, 2.75) is 47.1 Å². The average molecular weight is 469 g/mol. The van der Waals surface area contributed by atoms with E-state index in [9.17, 15) is 14.4 Å². The van der Waals surface area contributed by atoms with E-state index in [1.54, 1.807) is 25.1 Å². The normalized spacial score (nSPS) is 11.6. The van der Waals surface area contributed by atoms with Gasteiger partial charge in [0.15, 0.2) is 18.1 Å². The Morgan fingerprint density at radius 3 is 2.35 bits per heavy atom. The lowest BCUT2D eigenvalue weighted by Crippen LogP contribution is -2.41. The minimum atomic E-state index is -0.851. The number of nitrogens with one attached hydrogen (secondary N) is 3. The van der Waals surface area contributed by atoms with E-state index in [2.05, 4.69) is 21.2 Å². The van der Waals surface area contributed by atoms with Gasteiger partial charge in [0.2, 0.25) is 0 Å². The van der Waals surface area contributed by atoms with Gasteiger partial charge in [-0.2, -0.15) is 5.10 Å². The summed E-state index contributed by atoms with van der Waals surface area (Å²) in [7, 11) is 0. The molecule has 0 fully saturated rings. The molecule has 2 rings (SSSR count). The van der Waals surface area contributed by atoms with Gasteiger partial charge in [-0.05, 0) is 69.0 Å². The molecule has 0 aliphatic carbocycles. The molecule has 0 aliphatic rings. The molecule has 9 heteroatoms. The van der Waals surface area contributed by atoms with Crippen molar-refractivity contribution in [1.82, 2.24) is 10.7 Å². The first-order valence-electron chi connectivity index (χ1n) is 11.1. The van der Waals surface area contributed by atoms with Gasteiger partial charge in [0.25, 0.3) is 5.91 Å². The lowest BCUT2D eigenvalue weighted by molar-refractivity contribution is -0.139. The summed E-state index contributed by atoms with van der Waals surface area (Å²) in [5, 5.41) is 9.26. The van der Waals surface area contributed by atoms with Gasteiger partial charge < -0.3 is 20.1 Å². The van der Waals surface area contributed by atoms with Crippen LogP contribution in [0.4, 0.5) is 5.69 Å². The van der Waals surface area contributed by atoms with Crippen LogP contribution in [0.2, 0.25) is 0 Å². The van der Waals surface area contributed by atoms with Gasteiger partial charge in [-0.25, -0.2) is 5.43 Å². The van der Waals surface area contributed by atoms with Crippen molar-refractivity contribution in [2.24, 2.45) is 5.10 Å². The number of nitrogens with zero attached hydrogens (tertiary/aromatic N) is 1. The van der Waals surface area contributed by atoms with E-state index in [0.29, 0.717) is 30.1 Å². The van der Waals surface area contributed by atoms with E-state index < -0.39 is 11.8 Å². The Morgan fingerprint density at radius 1 is 1.00 bits per heavy atom. The molecular formula is C25H32N4O5. The van der Waals surface area contributed by atoms with Crippen molar-refractivity contribution in [3.63, 3.8) is 0 Å². The number of hydrogen-bond donors (Lipinski definition) is 3. The van der Waals surface area contributed by atoms with Crippen LogP contribution in [-0.2, 0) is 14.4 Å². The molecule has 0 aliphatic heterocycles. The number of anilines is 1. The van der Waals surface area contributed by atoms with E-state index in [0.717, 1.165) is 16.8 Å². The number of para-hydroxylation sites is 1. The summed E-state index contributed by atoms with van der Waals surface area (Å²) >= 11 is 0. The van der Waals surface area contributed by atoms with E-state index >= 15 is 0 Å². The molecule has 0 unspecified atom stereocenters. The van der Waals surface area contributed by atoms with Gasteiger partial charge in [0, 0.05) is 11.7 Å². The quantitative estimate of drug-likeness (QED) is 0.281. The van der Waals surface area contributed by atoms with Crippen LogP contribution >= 0.6 is 0 Å². The zero-order valence-electron chi connectivity index (χ0n) is 20.2. The molecule has 0 radical (unpaired) electrons. The second-order valence-electron chi connectivity index (χ2n) is 7.72. The topological polar surface area (TPSA) is 118 Å². The van der Waals surface area contributed by atoms with Gasteiger partial charge in [0.05, 0.1) is 12.8 Å².